The molecule has 3 rings (SSSR count). The van der Waals surface area contributed by atoms with Gasteiger partial charge in [-0.15, -0.1) is 0 Å². The van der Waals surface area contributed by atoms with E-state index in [1.165, 1.54) is 72.5 Å². The predicted molar refractivity (Wildman–Crippen MR) is 130 cm³/mol. The first-order chi connectivity index (χ1) is 13.5. The van der Waals surface area contributed by atoms with Crippen LogP contribution in [0.1, 0.15) is 83.7 Å². The molecule has 0 bridgehead atoms. The summed E-state index contributed by atoms with van der Waals surface area (Å²) in [6, 6.07) is 0. The minimum Gasteiger partial charge on any atom is -0.376 e. The summed E-state index contributed by atoms with van der Waals surface area (Å²) < 4.78 is 0. The lowest BCUT2D eigenvalue weighted by molar-refractivity contribution is 0.606. The maximum Gasteiger partial charge on any atom is 0.0531 e. The quantitative estimate of drug-likeness (QED) is 0.557. The summed E-state index contributed by atoms with van der Waals surface area (Å²) in [5.41, 5.74) is 18.6. The molecule has 2 aromatic carbocycles. The first-order valence-electron chi connectivity index (χ1n) is 11.2. The van der Waals surface area contributed by atoms with Gasteiger partial charge in [0.25, 0.3) is 0 Å². The number of rotatable bonds is 3. The molecule has 0 radical (unpaired) electrons. The van der Waals surface area contributed by atoms with Crippen LogP contribution in [-0.2, 0) is 0 Å². The Morgan fingerprint density at radius 2 is 1.07 bits per heavy atom. The standard InChI is InChI=1S/C28H39N/c1-12-23-14-28(11,13-2)29-27-21(9)20(8)25(22(10)26(23)27)24-18(6)16(4)15(3)17(5)19(24)7/h14,29H,12-13H2,1-11H3. The molecule has 2 aromatic rings. The zero-order chi connectivity index (χ0) is 21.8. The molecular formula is C28H39N. The van der Waals surface area contributed by atoms with E-state index in [-0.39, 0.29) is 5.54 Å². The summed E-state index contributed by atoms with van der Waals surface area (Å²) in [6.45, 7) is 25.3. The van der Waals surface area contributed by atoms with Crippen molar-refractivity contribution < 1.29 is 0 Å². The highest BCUT2D eigenvalue weighted by atomic mass is 15.0. The fourth-order valence-electron chi connectivity index (χ4n) is 5.21. The maximum absolute atomic E-state index is 3.90. The molecule has 1 aliphatic rings. The molecule has 29 heavy (non-hydrogen) atoms. The Labute approximate surface area is 178 Å². The van der Waals surface area contributed by atoms with Crippen molar-refractivity contribution in [3.8, 4) is 11.1 Å². The molecule has 1 aliphatic heterocycles. The molecule has 1 heteroatoms. The second-order valence-electron chi connectivity index (χ2n) is 9.42. The molecule has 1 unspecified atom stereocenters. The summed E-state index contributed by atoms with van der Waals surface area (Å²) in [4.78, 5) is 0. The minimum atomic E-state index is 0.0341. The molecule has 1 heterocycles. The molecule has 156 valence electrons. The van der Waals surface area contributed by atoms with E-state index in [9.17, 15) is 0 Å². The van der Waals surface area contributed by atoms with E-state index in [1.807, 2.05) is 0 Å². The summed E-state index contributed by atoms with van der Waals surface area (Å²) in [5, 5.41) is 3.90. The summed E-state index contributed by atoms with van der Waals surface area (Å²) >= 11 is 0. The average molecular weight is 390 g/mol. The third kappa shape index (κ3) is 3.14. The van der Waals surface area contributed by atoms with Gasteiger partial charge in [0.2, 0.25) is 0 Å². The summed E-state index contributed by atoms with van der Waals surface area (Å²) in [7, 11) is 0. The van der Waals surface area contributed by atoms with Crippen LogP contribution in [-0.4, -0.2) is 5.54 Å². The Kier molecular flexibility index (Phi) is 5.49. The van der Waals surface area contributed by atoms with Gasteiger partial charge < -0.3 is 5.32 Å². The van der Waals surface area contributed by atoms with Gasteiger partial charge in [-0.25, -0.2) is 0 Å². The van der Waals surface area contributed by atoms with Crippen LogP contribution in [0.3, 0.4) is 0 Å². The predicted octanol–water partition coefficient (Wildman–Crippen LogP) is 8.21. The van der Waals surface area contributed by atoms with E-state index in [4.69, 9.17) is 0 Å². The second kappa shape index (κ2) is 7.35. The van der Waals surface area contributed by atoms with Crippen molar-refractivity contribution in [1.82, 2.24) is 0 Å². The third-order valence-corrected chi connectivity index (χ3v) is 7.90. The minimum absolute atomic E-state index is 0.0341. The molecule has 0 amide bonds. The molecule has 1 N–H and O–H groups in total. The van der Waals surface area contributed by atoms with Gasteiger partial charge in [0, 0.05) is 11.3 Å². The smallest absolute Gasteiger partial charge is 0.0531 e. The number of nitrogens with one attached hydrogen (secondary N) is 1. The van der Waals surface area contributed by atoms with Gasteiger partial charge in [0.1, 0.15) is 0 Å². The van der Waals surface area contributed by atoms with E-state index < -0.39 is 0 Å². The van der Waals surface area contributed by atoms with Crippen molar-refractivity contribution >= 4 is 11.3 Å². The first-order valence-corrected chi connectivity index (χ1v) is 11.2. The SMILES string of the molecule is CCC1=CC(C)(CC)Nc2c(C)c(C)c(-c3c(C)c(C)c(C)c(C)c3C)c(C)c21. The first kappa shape index (κ1) is 21.7. The number of benzene rings is 2. The summed E-state index contributed by atoms with van der Waals surface area (Å²) in [6.07, 6.45) is 4.63. The van der Waals surface area contributed by atoms with Crippen LogP contribution in [0.4, 0.5) is 5.69 Å². The lowest BCUT2D eigenvalue weighted by Gasteiger charge is -2.38. The van der Waals surface area contributed by atoms with Gasteiger partial charge in [-0.1, -0.05) is 19.9 Å². The van der Waals surface area contributed by atoms with Crippen molar-refractivity contribution in [2.45, 2.75) is 94.5 Å². The number of hydrogen-bond acceptors (Lipinski definition) is 1. The third-order valence-electron chi connectivity index (χ3n) is 7.90. The van der Waals surface area contributed by atoms with Crippen LogP contribution < -0.4 is 5.32 Å². The molecule has 0 spiro atoms. The Morgan fingerprint density at radius 3 is 1.55 bits per heavy atom. The van der Waals surface area contributed by atoms with Gasteiger partial charge >= 0.3 is 0 Å². The monoisotopic (exact) mass is 389 g/mol. The fourth-order valence-corrected chi connectivity index (χ4v) is 5.21. The molecule has 0 saturated carbocycles. The van der Waals surface area contributed by atoms with Crippen molar-refractivity contribution in [2.75, 3.05) is 5.32 Å². The second-order valence-corrected chi connectivity index (χ2v) is 9.42. The van der Waals surface area contributed by atoms with E-state index >= 15 is 0 Å². The lowest BCUT2D eigenvalue weighted by atomic mass is 9.76. The maximum atomic E-state index is 3.90. The lowest BCUT2D eigenvalue weighted by Crippen LogP contribution is -2.35. The Hall–Kier alpha value is -2.02. The van der Waals surface area contributed by atoms with Gasteiger partial charge in [-0.2, -0.15) is 0 Å². The highest BCUT2D eigenvalue weighted by Gasteiger charge is 2.31. The fraction of sp³-hybridized carbons (Fsp3) is 0.500. The van der Waals surface area contributed by atoms with Gasteiger partial charge in [0.05, 0.1) is 5.54 Å². The Balaban J connectivity index is 2.45. The topological polar surface area (TPSA) is 12.0 Å². The molecule has 0 aromatic heterocycles. The van der Waals surface area contributed by atoms with Crippen LogP contribution in [0.15, 0.2) is 6.08 Å². The molecule has 0 fully saturated rings. The van der Waals surface area contributed by atoms with Crippen LogP contribution >= 0.6 is 0 Å². The Morgan fingerprint density at radius 1 is 0.621 bits per heavy atom. The van der Waals surface area contributed by atoms with Crippen molar-refractivity contribution in [2.24, 2.45) is 0 Å². The van der Waals surface area contributed by atoms with Crippen molar-refractivity contribution in [3.63, 3.8) is 0 Å². The molecule has 0 aliphatic carbocycles. The average Bonchev–Trinajstić information content (AvgIpc) is 2.70. The van der Waals surface area contributed by atoms with E-state index in [0.717, 1.165) is 12.8 Å². The number of allylic oxidation sites excluding steroid dienone is 1. The zero-order valence-corrected chi connectivity index (χ0v) is 20.5. The normalized spacial score (nSPS) is 18.4. The zero-order valence-electron chi connectivity index (χ0n) is 20.5. The van der Waals surface area contributed by atoms with Crippen LogP contribution in [0.5, 0.6) is 0 Å². The summed E-state index contributed by atoms with van der Waals surface area (Å²) in [5.74, 6) is 0. The highest BCUT2D eigenvalue weighted by molar-refractivity contribution is 5.92. The van der Waals surface area contributed by atoms with Crippen LogP contribution in [0, 0.1) is 55.4 Å². The molecule has 1 atom stereocenters. The van der Waals surface area contributed by atoms with Gasteiger partial charge in [-0.05, 0) is 136 Å². The number of anilines is 1. The van der Waals surface area contributed by atoms with Crippen LogP contribution in [0.25, 0.3) is 16.7 Å². The van der Waals surface area contributed by atoms with E-state index in [2.05, 4.69) is 87.6 Å². The van der Waals surface area contributed by atoms with Crippen LogP contribution in [0.2, 0.25) is 0 Å². The van der Waals surface area contributed by atoms with E-state index in [0.29, 0.717) is 0 Å². The number of fused-ring (bicyclic) bond motifs is 1. The molecule has 0 saturated heterocycles. The molecular weight excluding hydrogens is 350 g/mol. The Bertz CT molecular complexity index is 1010. The van der Waals surface area contributed by atoms with Gasteiger partial charge in [-0.3, -0.25) is 0 Å². The highest BCUT2D eigenvalue weighted by Crippen LogP contribution is 2.47. The van der Waals surface area contributed by atoms with Crippen molar-refractivity contribution in [3.05, 3.63) is 56.1 Å². The number of hydrogen-bond donors (Lipinski definition) is 1. The van der Waals surface area contributed by atoms with Gasteiger partial charge in [0.15, 0.2) is 0 Å². The van der Waals surface area contributed by atoms with E-state index in [1.54, 1.807) is 0 Å². The van der Waals surface area contributed by atoms with Crippen molar-refractivity contribution in [1.29, 1.82) is 0 Å². The molecule has 1 nitrogen and oxygen atoms in total. The largest absolute Gasteiger partial charge is 0.376 e.